The first-order valence-corrected chi connectivity index (χ1v) is 6.55. The maximum atomic E-state index is 12.4. The Labute approximate surface area is 125 Å². The molecule has 22 heavy (non-hydrogen) atoms. The third kappa shape index (κ3) is 4.33. The number of alkyl halides is 3. The van der Waals surface area contributed by atoms with Gasteiger partial charge in [0.15, 0.2) is 0 Å². The van der Waals surface area contributed by atoms with Crippen LogP contribution in [-0.2, 0) is 19.3 Å². The smallest absolute Gasteiger partial charge is 0.416 e. The summed E-state index contributed by atoms with van der Waals surface area (Å²) in [6.45, 7) is 0.930. The minimum Gasteiger partial charge on any atom is -0.478 e. The number of carbonyl (C=O) groups is 1. The summed E-state index contributed by atoms with van der Waals surface area (Å²) >= 11 is 0. The average Bonchev–Trinajstić information content (AvgIpc) is 2.47. The summed E-state index contributed by atoms with van der Waals surface area (Å²) in [5.41, 5.74) is 1.19. The molecule has 116 valence electrons. The van der Waals surface area contributed by atoms with Gasteiger partial charge in [0.1, 0.15) is 0 Å². The molecule has 0 aliphatic heterocycles. The van der Waals surface area contributed by atoms with Gasteiger partial charge in [-0.05, 0) is 35.4 Å². The zero-order chi connectivity index (χ0) is 16.2. The van der Waals surface area contributed by atoms with E-state index in [1.165, 1.54) is 24.3 Å². The molecule has 2 aromatic carbocycles. The molecule has 3 nitrogen and oxygen atoms in total. The quantitative estimate of drug-likeness (QED) is 0.885. The van der Waals surface area contributed by atoms with Crippen molar-refractivity contribution >= 4 is 5.97 Å². The van der Waals surface area contributed by atoms with Crippen molar-refractivity contribution in [2.24, 2.45) is 0 Å². The van der Waals surface area contributed by atoms with Gasteiger partial charge >= 0.3 is 12.1 Å². The molecule has 0 saturated carbocycles. The van der Waals surface area contributed by atoms with Gasteiger partial charge < -0.3 is 10.4 Å². The number of hydrogen-bond donors (Lipinski definition) is 2. The van der Waals surface area contributed by atoms with Crippen molar-refractivity contribution in [2.75, 3.05) is 0 Å². The Morgan fingerprint density at radius 3 is 1.77 bits per heavy atom. The minimum atomic E-state index is -4.32. The molecule has 0 spiro atoms. The van der Waals surface area contributed by atoms with Crippen LogP contribution in [-0.4, -0.2) is 11.1 Å². The van der Waals surface area contributed by atoms with Gasteiger partial charge in [0.05, 0.1) is 11.1 Å². The van der Waals surface area contributed by atoms with Crippen LogP contribution in [0, 0.1) is 0 Å². The Hall–Kier alpha value is -2.34. The largest absolute Gasteiger partial charge is 0.478 e. The molecule has 2 aromatic rings. The number of rotatable bonds is 5. The van der Waals surface area contributed by atoms with Gasteiger partial charge in [-0.3, -0.25) is 0 Å². The number of hydrogen-bond acceptors (Lipinski definition) is 2. The third-order valence-electron chi connectivity index (χ3n) is 3.14. The molecule has 2 rings (SSSR count). The van der Waals surface area contributed by atoms with Crippen LogP contribution < -0.4 is 5.32 Å². The standard InChI is InChI=1S/C16H14F3NO2/c17-16(18,19)14-7-3-12(4-8-14)10-20-9-11-1-5-13(6-2-11)15(21)22/h1-8,20H,9-10H2,(H,21,22). The Balaban J connectivity index is 1.87. The first-order valence-electron chi connectivity index (χ1n) is 6.55. The fourth-order valence-electron chi connectivity index (χ4n) is 1.93. The van der Waals surface area contributed by atoms with Gasteiger partial charge in [-0.25, -0.2) is 4.79 Å². The second-order valence-corrected chi connectivity index (χ2v) is 4.80. The van der Waals surface area contributed by atoms with Gasteiger partial charge in [0, 0.05) is 13.1 Å². The predicted octanol–water partition coefficient (Wildman–Crippen LogP) is 3.69. The zero-order valence-electron chi connectivity index (χ0n) is 11.5. The average molecular weight is 309 g/mol. The van der Waals surface area contributed by atoms with Crippen molar-refractivity contribution in [3.63, 3.8) is 0 Å². The maximum absolute atomic E-state index is 12.4. The molecule has 0 unspecified atom stereocenters. The number of carboxylic acid groups (broad SMARTS) is 1. The van der Waals surface area contributed by atoms with E-state index in [0.29, 0.717) is 13.1 Å². The summed E-state index contributed by atoms with van der Waals surface area (Å²) in [5, 5.41) is 11.9. The van der Waals surface area contributed by atoms with E-state index >= 15 is 0 Å². The highest BCUT2D eigenvalue weighted by molar-refractivity contribution is 5.87. The molecule has 2 N–H and O–H groups in total. The molecule has 0 fully saturated rings. The van der Waals surface area contributed by atoms with Crippen LogP contribution in [0.5, 0.6) is 0 Å². The van der Waals surface area contributed by atoms with Crippen molar-refractivity contribution in [1.82, 2.24) is 5.32 Å². The van der Waals surface area contributed by atoms with E-state index in [1.54, 1.807) is 12.1 Å². The van der Waals surface area contributed by atoms with Gasteiger partial charge in [0.2, 0.25) is 0 Å². The number of nitrogens with one attached hydrogen (secondary N) is 1. The van der Waals surface area contributed by atoms with Crippen molar-refractivity contribution in [3.05, 3.63) is 70.8 Å². The lowest BCUT2D eigenvalue weighted by atomic mass is 10.1. The Kier molecular flexibility index (Phi) is 4.82. The summed E-state index contributed by atoms with van der Waals surface area (Å²) < 4.78 is 37.3. The Morgan fingerprint density at radius 1 is 0.909 bits per heavy atom. The number of aromatic carboxylic acids is 1. The molecule has 6 heteroatoms. The van der Waals surface area contributed by atoms with Gasteiger partial charge in [-0.15, -0.1) is 0 Å². The van der Waals surface area contributed by atoms with Crippen LogP contribution >= 0.6 is 0 Å². The van der Waals surface area contributed by atoms with E-state index in [4.69, 9.17) is 5.11 Å². The molecular formula is C16H14F3NO2. The highest BCUT2D eigenvalue weighted by Crippen LogP contribution is 2.29. The van der Waals surface area contributed by atoms with E-state index in [0.717, 1.165) is 23.3 Å². The van der Waals surface area contributed by atoms with Crippen LogP contribution in [0.1, 0.15) is 27.0 Å². The molecule has 0 bridgehead atoms. The predicted molar refractivity (Wildman–Crippen MR) is 75.4 cm³/mol. The maximum Gasteiger partial charge on any atom is 0.416 e. The van der Waals surface area contributed by atoms with E-state index in [9.17, 15) is 18.0 Å². The van der Waals surface area contributed by atoms with Crippen LogP contribution in [0.2, 0.25) is 0 Å². The zero-order valence-corrected chi connectivity index (χ0v) is 11.5. The first kappa shape index (κ1) is 16.0. The van der Waals surface area contributed by atoms with Crippen molar-refractivity contribution in [2.45, 2.75) is 19.3 Å². The monoisotopic (exact) mass is 309 g/mol. The SMILES string of the molecule is O=C(O)c1ccc(CNCc2ccc(C(F)(F)F)cc2)cc1. The molecule has 0 aliphatic rings. The van der Waals surface area contributed by atoms with Crippen molar-refractivity contribution < 1.29 is 23.1 Å². The van der Waals surface area contributed by atoms with Crippen LogP contribution in [0.25, 0.3) is 0 Å². The van der Waals surface area contributed by atoms with E-state index in [2.05, 4.69) is 5.32 Å². The topological polar surface area (TPSA) is 49.3 Å². The summed E-state index contributed by atoms with van der Waals surface area (Å²) in [6.07, 6.45) is -4.32. The second kappa shape index (κ2) is 6.62. The lowest BCUT2D eigenvalue weighted by molar-refractivity contribution is -0.137. The lowest BCUT2D eigenvalue weighted by Gasteiger charge is -2.09. The number of halogens is 3. The van der Waals surface area contributed by atoms with Gasteiger partial charge in [-0.1, -0.05) is 24.3 Å². The highest BCUT2D eigenvalue weighted by Gasteiger charge is 2.29. The Morgan fingerprint density at radius 2 is 1.36 bits per heavy atom. The number of carboxylic acids is 1. The molecule has 0 aromatic heterocycles. The van der Waals surface area contributed by atoms with Gasteiger partial charge in [-0.2, -0.15) is 13.2 Å². The molecule has 0 atom stereocenters. The van der Waals surface area contributed by atoms with Gasteiger partial charge in [0.25, 0.3) is 0 Å². The van der Waals surface area contributed by atoms with E-state index in [1.807, 2.05) is 0 Å². The minimum absolute atomic E-state index is 0.214. The third-order valence-corrected chi connectivity index (χ3v) is 3.14. The highest BCUT2D eigenvalue weighted by atomic mass is 19.4. The fraction of sp³-hybridized carbons (Fsp3) is 0.188. The van der Waals surface area contributed by atoms with Crippen molar-refractivity contribution in [1.29, 1.82) is 0 Å². The summed E-state index contributed by atoms with van der Waals surface area (Å²) in [6, 6.07) is 11.4. The number of benzene rings is 2. The Bertz CT molecular complexity index is 634. The van der Waals surface area contributed by atoms with E-state index < -0.39 is 17.7 Å². The van der Waals surface area contributed by atoms with Crippen LogP contribution in [0.3, 0.4) is 0 Å². The fourth-order valence-corrected chi connectivity index (χ4v) is 1.93. The molecule has 0 radical (unpaired) electrons. The molecule has 0 aliphatic carbocycles. The first-order chi connectivity index (χ1) is 10.4. The molecular weight excluding hydrogens is 295 g/mol. The van der Waals surface area contributed by atoms with Crippen molar-refractivity contribution in [3.8, 4) is 0 Å². The summed E-state index contributed by atoms with van der Waals surface area (Å²) in [7, 11) is 0. The van der Waals surface area contributed by atoms with Crippen LogP contribution in [0.4, 0.5) is 13.2 Å². The normalized spacial score (nSPS) is 11.4. The molecule has 0 amide bonds. The summed E-state index contributed by atoms with van der Waals surface area (Å²) in [5.74, 6) is -0.982. The van der Waals surface area contributed by atoms with Crippen LogP contribution in [0.15, 0.2) is 48.5 Å². The van der Waals surface area contributed by atoms with E-state index in [-0.39, 0.29) is 5.56 Å². The molecule has 0 heterocycles. The summed E-state index contributed by atoms with van der Waals surface area (Å²) in [4.78, 5) is 10.7. The molecule has 0 saturated heterocycles. The second-order valence-electron chi connectivity index (χ2n) is 4.80. The lowest BCUT2D eigenvalue weighted by Crippen LogP contribution is -2.13.